The molecule has 2 N–H and O–H groups in total. The van der Waals surface area contributed by atoms with Gasteiger partial charge < -0.3 is 10.0 Å². The number of piperidine rings is 1. The van der Waals surface area contributed by atoms with Crippen molar-refractivity contribution in [2.45, 2.75) is 18.9 Å². The van der Waals surface area contributed by atoms with Crippen molar-refractivity contribution in [1.82, 2.24) is 5.32 Å². The van der Waals surface area contributed by atoms with Gasteiger partial charge in [-0.05, 0) is 19.1 Å². The average Bonchev–Trinajstić information content (AvgIpc) is 2.48. The number of nitrogens with one attached hydrogen (secondary N) is 1. The molecule has 0 radical (unpaired) electrons. The van der Waals surface area contributed by atoms with E-state index in [1.165, 1.54) is 11.8 Å². The van der Waals surface area contributed by atoms with Gasteiger partial charge >= 0.3 is 0 Å². The summed E-state index contributed by atoms with van der Waals surface area (Å²) in [7, 11) is 0. The topological polar surface area (TPSA) is 71.7 Å². The van der Waals surface area contributed by atoms with Crippen molar-refractivity contribution < 1.29 is 13.9 Å². The zero-order valence-electron chi connectivity index (χ0n) is 12.0. The first-order chi connectivity index (χ1) is 10.5. The van der Waals surface area contributed by atoms with Gasteiger partial charge in [0.05, 0.1) is 11.8 Å². The summed E-state index contributed by atoms with van der Waals surface area (Å²) < 4.78 is 28.5. The number of rotatable bonds is 2. The van der Waals surface area contributed by atoms with E-state index in [1.807, 2.05) is 0 Å². The van der Waals surface area contributed by atoms with Crippen LogP contribution in [0.15, 0.2) is 17.1 Å². The minimum atomic E-state index is -0.701. The van der Waals surface area contributed by atoms with Crippen LogP contribution in [0.4, 0.5) is 20.2 Å². The molecule has 1 saturated heterocycles. The molecule has 0 aliphatic carbocycles. The molecule has 1 aliphatic rings. The van der Waals surface area contributed by atoms with E-state index in [2.05, 4.69) is 10.3 Å². The molecule has 118 valence electrons. The Kier molecular flexibility index (Phi) is 5.57. The number of nitriles is 1. The first-order valence-corrected chi connectivity index (χ1v) is 7.97. The zero-order valence-corrected chi connectivity index (χ0v) is 12.8. The van der Waals surface area contributed by atoms with Gasteiger partial charge in [0.15, 0.2) is 23.0 Å². The summed E-state index contributed by atoms with van der Waals surface area (Å²) in [6, 6.07) is 2.28. The molecule has 1 aromatic rings. The predicted octanol–water partition coefficient (Wildman–Crippen LogP) is 2.35. The Bertz CT molecular complexity index is 586. The van der Waals surface area contributed by atoms with Crippen LogP contribution in [-0.4, -0.2) is 35.7 Å². The van der Waals surface area contributed by atoms with Crippen LogP contribution in [-0.2, 0) is 0 Å². The van der Waals surface area contributed by atoms with Gasteiger partial charge in [-0.1, -0.05) is 11.8 Å². The van der Waals surface area contributed by atoms with Crippen molar-refractivity contribution in [3.63, 3.8) is 0 Å². The molecule has 8 heteroatoms. The highest BCUT2D eigenvalue weighted by Gasteiger charge is 2.23. The van der Waals surface area contributed by atoms with E-state index in [4.69, 9.17) is 5.26 Å². The Morgan fingerprint density at radius 1 is 1.41 bits per heavy atom. The number of aliphatic hydroxyl groups is 1. The lowest BCUT2D eigenvalue weighted by Crippen LogP contribution is -2.36. The normalized spacial score (nSPS) is 16.5. The average molecular weight is 326 g/mol. The molecule has 2 rings (SSSR count). The Hall–Kier alpha value is -1.85. The van der Waals surface area contributed by atoms with E-state index >= 15 is 0 Å². The van der Waals surface area contributed by atoms with Gasteiger partial charge in [-0.15, -0.1) is 0 Å². The van der Waals surface area contributed by atoms with Crippen LogP contribution in [0, 0.1) is 23.1 Å². The predicted molar refractivity (Wildman–Crippen MR) is 83.2 cm³/mol. The first-order valence-electron chi connectivity index (χ1n) is 6.75. The quantitative estimate of drug-likeness (QED) is 0.378. The molecule has 0 atom stereocenters. The minimum absolute atomic E-state index is 0.0928. The number of aliphatic imine (C=N–C) groups is 1. The zero-order chi connectivity index (χ0) is 16.1. The highest BCUT2D eigenvalue weighted by atomic mass is 32.2. The standard InChI is InChI=1S/C14H16F2N4OS/c1-22-14(18-8-17)19-9-6-11(15)13(12(16)7-9)20-4-2-10(21)3-5-20/h6-7,10,21H,2-5H2,1H3,(H,18,19). The summed E-state index contributed by atoms with van der Waals surface area (Å²) in [5.41, 5.74) is 0.00712. The molecule has 0 unspecified atom stereocenters. The molecule has 5 nitrogen and oxygen atoms in total. The molecule has 0 amide bonds. The largest absolute Gasteiger partial charge is 0.393 e. The van der Waals surface area contributed by atoms with Gasteiger partial charge in [0.2, 0.25) is 0 Å². The first kappa shape index (κ1) is 16.5. The van der Waals surface area contributed by atoms with Crippen LogP contribution in [0.25, 0.3) is 0 Å². The molecular weight excluding hydrogens is 310 g/mol. The van der Waals surface area contributed by atoms with Gasteiger partial charge in [-0.2, -0.15) is 5.26 Å². The summed E-state index contributed by atoms with van der Waals surface area (Å²) in [4.78, 5) is 5.59. The van der Waals surface area contributed by atoms with Crippen molar-refractivity contribution in [2.24, 2.45) is 4.99 Å². The molecule has 1 aliphatic heterocycles. The number of hydrogen-bond acceptors (Lipinski definition) is 5. The number of amidine groups is 1. The maximum absolute atomic E-state index is 14.2. The molecule has 1 aromatic carbocycles. The molecule has 22 heavy (non-hydrogen) atoms. The second-order valence-corrected chi connectivity index (χ2v) is 5.63. The van der Waals surface area contributed by atoms with Gasteiger partial charge in [-0.3, -0.25) is 5.32 Å². The van der Waals surface area contributed by atoms with Gasteiger partial charge in [0.25, 0.3) is 0 Å². The van der Waals surface area contributed by atoms with E-state index in [1.54, 1.807) is 17.3 Å². The van der Waals surface area contributed by atoms with Crippen LogP contribution in [0.5, 0.6) is 0 Å². The molecular formula is C14H16F2N4OS. The number of thioether (sulfide) groups is 1. The number of halogens is 2. The summed E-state index contributed by atoms with van der Waals surface area (Å²) in [6.45, 7) is 0.813. The molecule has 0 bridgehead atoms. The molecule has 0 aromatic heterocycles. The highest BCUT2D eigenvalue weighted by Crippen LogP contribution is 2.30. The third-order valence-electron chi connectivity index (χ3n) is 3.37. The van der Waals surface area contributed by atoms with E-state index < -0.39 is 17.7 Å². The fourth-order valence-corrected chi connectivity index (χ4v) is 2.64. The molecule has 1 heterocycles. The third kappa shape index (κ3) is 3.87. The number of nitrogens with zero attached hydrogens (tertiary/aromatic N) is 3. The van der Waals surface area contributed by atoms with Gasteiger partial charge in [-0.25, -0.2) is 13.8 Å². The van der Waals surface area contributed by atoms with Crippen molar-refractivity contribution in [1.29, 1.82) is 5.26 Å². The fourth-order valence-electron chi connectivity index (χ4n) is 2.30. The smallest absolute Gasteiger partial charge is 0.183 e. The summed E-state index contributed by atoms with van der Waals surface area (Å²) in [5, 5.41) is 20.6. The van der Waals surface area contributed by atoms with Crippen LogP contribution in [0.3, 0.4) is 0 Å². The summed E-state index contributed by atoms with van der Waals surface area (Å²) in [5.74, 6) is -1.40. The van der Waals surface area contributed by atoms with Crippen molar-refractivity contribution >= 4 is 28.3 Å². The van der Waals surface area contributed by atoms with Crippen LogP contribution < -0.4 is 10.2 Å². The number of hydrogen-bond donors (Lipinski definition) is 2. The van der Waals surface area contributed by atoms with E-state index in [-0.39, 0.29) is 16.5 Å². The Morgan fingerprint density at radius 2 is 2.00 bits per heavy atom. The Balaban J connectivity index is 2.27. The second-order valence-electron chi connectivity index (χ2n) is 4.83. The summed E-state index contributed by atoms with van der Waals surface area (Å²) >= 11 is 1.17. The van der Waals surface area contributed by atoms with E-state index in [0.29, 0.717) is 25.9 Å². The molecule has 0 spiro atoms. The van der Waals surface area contributed by atoms with Gasteiger partial charge in [0.1, 0.15) is 5.69 Å². The van der Waals surface area contributed by atoms with Crippen LogP contribution in [0.1, 0.15) is 12.8 Å². The monoisotopic (exact) mass is 326 g/mol. The number of anilines is 1. The van der Waals surface area contributed by atoms with Crippen molar-refractivity contribution in [2.75, 3.05) is 24.2 Å². The lowest BCUT2D eigenvalue weighted by molar-refractivity contribution is 0.145. The second kappa shape index (κ2) is 7.42. The lowest BCUT2D eigenvalue weighted by Gasteiger charge is -2.31. The maximum atomic E-state index is 14.2. The van der Waals surface area contributed by atoms with Crippen LogP contribution >= 0.6 is 11.8 Å². The Labute approximate surface area is 131 Å². The summed E-state index contributed by atoms with van der Waals surface area (Å²) in [6.07, 6.45) is 3.98. The van der Waals surface area contributed by atoms with Crippen molar-refractivity contribution in [3.8, 4) is 6.19 Å². The van der Waals surface area contributed by atoms with E-state index in [0.717, 1.165) is 12.1 Å². The van der Waals surface area contributed by atoms with Crippen LogP contribution in [0.2, 0.25) is 0 Å². The molecule has 1 fully saturated rings. The maximum Gasteiger partial charge on any atom is 0.183 e. The fraction of sp³-hybridized carbons (Fsp3) is 0.429. The van der Waals surface area contributed by atoms with Crippen molar-refractivity contribution in [3.05, 3.63) is 23.8 Å². The highest BCUT2D eigenvalue weighted by molar-refractivity contribution is 8.13. The lowest BCUT2D eigenvalue weighted by atomic mass is 10.1. The molecule has 0 saturated carbocycles. The number of aliphatic hydroxyl groups excluding tert-OH is 1. The SMILES string of the molecule is CSC(=Nc1cc(F)c(N2CCC(O)CC2)c(F)c1)NC#N. The Morgan fingerprint density at radius 3 is 2.50 bits per heavy atom. The third-order valence-corrected chi connectivity index (χ3v) is 3.95. The minimum Gasteiger partial charge on any atom is -0.393 e. The number of benzene rings is 1. The van der Waals surface area contributed by atoms with Gasteiger partial charge in [0, 0.05) is 25.2 Å². The van der Waals surface area contributed by atoms with E-state index in [9.17, 15) is 13.9 Å².